The van der Waals surface area contributed by atoms with E-state index in [4.69, 9.17) is 4.74 Å². The van der Waals surface area contributed by atoms with Gasteiger partial charge in [0.05, 0.1) is 41.2 Å². The van der Waals surface area contributed by atoms with Crippen LogP contribution in [0.5, 0.6) is 0 Å². The molecule has 4 rings (SSSR count). The summed E-state index contributed by atoms with van der Waals surface area (Å²) in [4.78, 5) is 24.9. The second kappa shape index (κ2) is 9.25. The third-order valence-corrected chi connectivity index (χ3v) is 5.79. The standard InChI is InChI=1S/C20H24N6O2S/c1-15-16(19(27)21-6-3-8-25-9-11-28-12-10-25)14-23-26(15)20-22-7-5-17(24-20)18-4-2-13-29-18/h2,4-5,7,13-14H,3,6,8-12H2,1H3,(H,21,27). The van der Waals surface area contributed by atoms with Crippen LogP contribution in [0.3, 0.4) is 0 Å². The maximum Gasteiger partial charge on any atom is 0.254 e. The molecule has 0 radical (unpaired) electrons. The van der Waals surface area contributed by atoms with Crippen LogP contribution in [-0.2, 0) is 4.74 Å². The van der Waals surface area contributed by atoms with Gasteiger partial charge in [-0.1, -0.05) is 6.07 Å². The first-order valence-corrected chi connectivity index (χ1v) is 10.6. The molecule has 0 atom stereocenters. The molecule has 29 heavy (non-hydrogen) atoms. The summed E-state index contributed by atoms with van der Waals surface area (Å²) in [5.41, 5.74) is 2.11. The van der Waals surface area contributed by atoms with Crippen molar-refractivity contribution >= 4 is 17.2 Å². The molecule has 8 nitrogen and oxygen atoms in total. The largest absolute Gasteiger partial charge is 0.379 e. The van der Waals surface area contributed by atoms with Crippen molar-refractivity contribution in [3.05, 3.63) is 47.2 Å². The molecule has 3 aromatic rings. The molecule has 152 valence electrons. The van der Waals surface area contributed by atoms with E-state index in [1.165, 1.54) is 0 Å². The number of aromatic nitrogens is 4. The smallest absolute Gasteiger partial charge is 0.254 e. The van der Waals surface area contributed by atoms with E-state index in [2.05, 4.69) is 25.3 Å². The highest BCUT2D eigenvalue weighted by Gasteiger charge is 2.17. The summed E-state index contributed by atoms with van der Waals surface area (Å²) in [5, 5.41) is 9.34. The monoisotopic (exact) mass is 412 g/mol. The van der Waals surface area contributed by atoms with Crippen LogP contribution in [0.2, 0.25) is 0 Å². The van der Waals surface area contributed by atoms with Gasteiger partial charge in [-0.25, -0.2) is 14.6 Å². The number of amides is 1. The fraction of sp³-hybridized carbons (Fsp3) is 0.400. The minimum Gasteiger partial charge on any atom is -0.379 e. The van der Waals surface area contributed by atoms with E-state index >= 15 is 0 Å². The van der Waals surface area contributed by atoms with E-state index in [0.717, 1.165) is 55.5 Å². The minimum absolute atomic E-state index is 0.120. The predicted octanol–water partition coefficient (Wildman–Crippen LogP) is 2.15. The van der Waals surface area contributed by atoms with Crippen LogP contribution < -0.4 is 5.32 Å². The zero-order valence-corrected chi connectivity index (χ0v) is 17.2. The minimum atomic E-state index is -0.120. The number of rotatable bonds is 7. The zero-order valence-electron chi connectivity index (χ0n) is 16.4. The SMILES string of the molecule is Cc1c(C(=O)NCCCN2CCOCC2)cnn1-c1nccc(-c2cccs2)n1. The zero-order chi connectivity index (χ0) is 20.1. The third kappa shape index (κ3) is 4.69. The first kappa shape index (κ1) is 19.7. The van der Waals surface area contributed by atoms with Crippen LogP contribution in [-0.4, -0.2) is 69.9 Å². The Hall–Kier alpha value is -2.62. The molecule has 0 unspecified atom stereocenters. The van der Waals surface area contributed by atoms with Gasteiger partial charge in [-0.2, -0.15) is 5.10 Å². The van der Waals surface area contributed by atoms with E-state index in [1.807, 2.05) is 30.5 Å². The quantitative estimate of drug-likeness (QED) is 0.599. The summed E-state index contributed by atoms with van der Waals surface area (Å²) >= 11 is 1.62. The molecule has 1 fully saturated rings. The molecule has 1 N–H and O–H groups in total. The van der Waals surface area contributed by atoms with Crippen LogP contribution >= 0.6 is 11.3 Å². The highest BCUT2D eigenvalue weighted by molar-refractivity contribution is 7.13. The fourth-order valence-electron chi connectivity index (χ4n) is 3.27. The lowest BCUT2D eigenvalue weighted by molar-refractivity contribution is 0.0374. The van der Waals surface area contributed by atoms with Crippen LogP contribution in [0, 0.1) is 6.92 Å². The first-order valence-electron chi connectivity index (χ1n) is 9.72. The summed E-state index contributed by atoms with van der Waals surface area (Å²) in [6.07, 6.45) is 4.20. The van der Waals surface area contributed by atoms with Crippen LogP contribution in [0.15, 0.2) is 36.0 Å². The summed E-state index contributed by atoms with van der Waals surface area (Å²) in [6.45, 7) is 6.96. The normalized spacial score (nSPS) is 14.8. The number of carbonyl (C=O) groups is 1. The molecule has 0 saturated carbocycles. The Labute approximate surface area is 173 Å². The number of morpholine rings is 1. The average molecular weight is 413 g/mol. The van der Waals surface area contributed by atoms with Gasteiger partial charge in [0.2, 0.25) is 0 Å². The molecule has 1 aliphatic heterocycles. The lowest BCUT2D eigenvalue weighted by Gasteiger charge is -2.26. The molecule has 0 spiro atoms. The van der Waals surface area contributed by atoms with Crippen molar-refractivity contribution in [1.82, 2.24) is 30.0 Å². The lowest BCUT2D eigenvalue weighted by Crippen LogP contribution is -2.38. The molecular formula is C20H24N6O2S. The summed E-state index contributed by atoms with van der Waals surface area (Å²) < 4.78 is 6.96. The molecule has 1 aliphatic rings. The van der Waals surface area contributed by atoms with Crippen LogP contribution in [0.4, 0.5) is 0 Å². The Bertz CT molecular complexity index is 950. The Balaban J connectivity index is 1.38. The van der Waals surface area contributed by atoms with Crippen molar-refractivity contribution in [2.24, 2.45) is 0 Å². The summed E-state index contributed by atoms with van der Waals surface area (Å²) in [7, 11) is 0. The Kier molecular flexibility index (Phi) is 6.28. The van der Waals surface area contributed by atoms with Crippen molar-refractivity contribution in [2.75, 3.05) is 39.4 Å². The van der Waals surface area contributed by atoms with E-state index < -0.39 is 0 Å². The molecule has 4 heterocycles. The van der Waals surface area contributed by atoms with Crippen LogP contribution in [0.1, 0.15) is 22.5 Å². The number of ether oxygens (including phenoxy) is 1. The molecule has 0 bridgehead atoms. The number of hydrogen-bond donors (Lipinski definition) is 1. The lowest BCUT2D eigenvalue weighted by atomic mass is 10.2. The summed E-state index contributed by atoms with van der Waals surface area (Å²) in [5.74, 6) is 0.338. The maximum absolute atomic E-state index is 12.6. The van der Waals surface area contributed by atoms with Crippen molar-refractivity contribution in [1.29, 1.82) is 0 Å². The molecule has 3 aromatic heterocycles. The second-order valence-electron chi connectivity index (χ2n) is 6.84. The van der Waals surface area contributed by atoms with E-state index in [1.54, 1.807) is 28.4 Å². The van der Waals surface area contributed by atoms with Gasteiger partial charge in [-0.05, 0) is 37.4 Å². The number of nitrogens with one attached hydrogen (secondary N) is 1. The molecule has 1 saturated heterocycles. The first-order chi connectivity index (χ1) is 14.2. The van der Waals surface area contributed by atoms with Crippen LogP contribution in [0.25, 0.3) is 16.5 Å². The average Bonchev–Trinajstić information content (AvgIpc) is 3.42. The molecule has 9 heteroatoms. The van der Waals surface area contributed by atoms with Gasteiger partial charge in [0.25, 0.3) is 11.9 Å². The Morgan fingerprint density at radius 2 is 2.17 bits per heavy atom. The van der Waals surface area contributed by atoms with E-state index in [-0.39, 0.29) is 5.91 Å². The Morgan fingerprint density at radius 3 is 2.97 bits per heavy atom. The van der Waals surface area contributed by atoms with Crippen molar-refractivity contribution < 1.29 is 9.53 Å². The van der Waals surface area contributed by atoms with Gasteiger partial charge < -0.3 is 10.1 Å². The van der Waals surface area contributed by atoms with Gasteiger partial charge in [0.15, 0.2) is 0 Å². The Morgan fingerprint density at radius 1 is 1.31 bits per heavy atom. The number of thiophene rings is 1. The third-order valence-electron chi connectivity index (χ3n) is 4.90. The summed E-state index contributed by atoms with van der Waals surface area (Å²) in [6, 6.07) is 5.88. The number of nitrogens with zero attached hydrogens (tertiary/aromatic N) is 5. The number of hydrogen-bond acceptors (Lipinski definition) is 7. The van der Waals surface area contributed by atoms with Crippen molar-refractivity contribution in [3.8, 4) is 16.5 Å². The topological polar surface area (TPSA) is 85.2 Å². The van der Waals surface area contributed by atoms with Crippen molar-refractivity contribution in [3.63, 3.8) is 0 Å². The molecule has 0 aromatic carbocycles. The van der Waals surface area contributed by atoms with E-state index in [9.17, 15) is 4.79 Å². The van der Waals surface area contributed by atoms with Crippen molar-refractivity contribution in [2.45, 2.75) is 13.3 Å². The molecular weight excluding hydrogens is 388 g/mol. The molecule has 0 aliphatic carbocycles. The second-order valence-corrected chi connectivity index (χ2v) is 7.79. The predicted molar refractivity (Wildman–Crippen MR) is 111 cm³/mol. The van der Waals surface area contributed by atoms with Gasteiger partial charge in [-0.15, -0.1) is 11.3 Å². The van der Waals surface area contributed by atoms with Gasteiger partial charge in [-0.3, -0.25) is 9.69 Å². The fourth-order valence-corrected chi connectivity index (χ4v) is 3.97. The number of carbonyl (C=O) groups excluding carboxylic acids is 1. The maximum atomic E-state index is 12.6. The molecule has 1 amide bonds. The van der Waals surface area contributed by atoms with Gasteiger partial charge >= 0.3 is 0 Å². The highest BCUT2D eigenvalue weighted by atomic mass is 32.1. The highest BCUT2D eigenvalue weighted by Crippen LogP contribution is 2.23. The van der Waals surface area contributed by atoms with E-state index in [0.29, 0.717) is 18.1 Å². The van der Waals surface area contributed by atoms with Gasteiger partial charge in [0.1, 0.15) is 0 Å². The van der Waals surface area contributed by atoms with Gasteiger partial charge in [0, 0.05) is 25.8 Å².